The lowest BCUT2D eigenvalue weighted by atomic mass is 10.1. The fourth-order valence-electron chi connectivity index (χ4n) is 1.57. The van der Waals surface area contributed by atoms with E-state index in [2.05, 4.69) is 5.32 Å². The fraction of sp³-hybridized carbons (Fsp3) is 0.692. The van der Waals surface area contributed by atoms with E-state index < -0.39 is 30.0 Å². The molecule has 0 fully saturated rings. The Labute approximate surface area is 133 Å². The van der Waals surface area contributed by atoms with Crippen LogP contribution < -0.4 is 11.1 Å². The molecule has 0 bridgehead atoms. The van der Waals surface area contributed by atoms with Crippen molar-refractivity contribution in [2.45, 2.75) is 45.3 Å². The topological polar surface area (TPSA) is 136 Å². The number of thioether (sulfide) groups is 1. The zero-order valence-corrected chi connectivity index (χ0v) is 13.5. The Hall–Kier alpha value is -1.61. The number of aliphatic carboxylic acids is 1. The first-order valence-corrected chi connectivity index (χ1v) is 7.80. The van der Waals surface area contributed by atoms with E-state index in [0.717, 1.165) is 18.7 Å². The SMILES string of the molecule is CC(=O)OC(CSC(C)=O)C(=O)N[C@@H](CCCCN)C(=O)O. The fourth-order valence-corrected chi connectivity index (χ4v) is 2.18. The number of esters is 1. The third kappa shape index (κ3) is 9.35. The summed E-state index contributed by atoms with van der Waals surface area (Å²) in [4.78, 5) is 45.1. The summed E-state index contributed by atoms with van der Waals surface area (Å²) in [5, 5.41) is 11.2. The predicted octanol–water partition coefficient (Wildman–Crippen LogP) is -0.104. The van der Waals surface area contributed by atoms with Crippen molar-refractivity contribution >= 4 is 34.7 Å². The van der Waals surface area contributed by atoms with Crippen LogP contribution >= 0.6 is 11.8 Å². The van der Waals surface area contributed by atoms with Gasteiger partial charge in [0.25, 0.3) is 5.91 Å². The minimum Gasteiger partial charge on any atom is -0.480 e. The summed E-state index contributed by atoms with van der Waals surface area (Å²) < 4.78 is 4.83. The number of carbonyl (C=O) groups is 4. The molecular formula is C13H22N2O6S. The molecule has 126 valence electrons. The largest absolute Gasteiger partial charge is 0.480 e. The summed E-state index contributed by atoms with van der Waals surface area (Å²) in [7, 11) is 0. The van der Waals surface area contributed by atoms with Crippen molar-refractivity contribution in [1.29, 1.82) is 0 Å². The molecule has 0 aliphatic rings. The van der Waals surface area contributed by atoms with Crippen LogP contribution in [0.1, 0.15) is 33.1 Å². The quantitative estimate of drug-likeness (QED) is 0.372. The Bertz CT molecular complexity index is 415. The minimum absolute atomic E-state index is 0.0596. The number of amides is 1. The van der Waals surface area contributed by atoms with E-state index in [0.29, 0.717) is 19.4 Å². The first-order valence-electron chi connectivity index (χ1n) is 6.81. The van der Waals surface area contributed by atoms with Gasteiger partial charge in [0.1, 0.15) is 6.04 Å². The lowest BCUT2D eigenvalue weighted by molar-refractivity contribution is -0.153. The van der Waals surface area contributed by atoms with E-state index in [1.165, 1.54) is 6.92 Å². The second kappa shape index (κ2) is 11.0. The molecule has 22 heavy (non-hydrogen) atoms. The monoisotopic (exact) mass is 334 g/mol. The molecule has 2 atom stereocenters. The number of unbranched alkanes of at least 4 members (excludes halogenated alkanes) is 1. The molecule has 0 saturated heterocycles. The second-order valence-corrected chi connectivity index (χ2v) is 5.78. The third-order valence-corrected chi connectivity index (χ3v) is 3.48. The van der Waals surface area contributed by atoms with Crippen molar-refractivity contribution in [3.05, 3.63) is 0 Å². The van der Waals surface area contributed by atoms with Crippen molar-refractivity contribution in [3.8, 4) is 0 Å². The Morgan fingerprint density at radius 3 is 2.32 bits per heavy atom. The summed E-state index contributed by atoms with van der Waals surface area (Å²) in [6, 6.07) is -1.08. The molecule has 0 aromatic carbocycles. The number of carbonyl (C=O) groups excluding carboxylic acids is 3. The molecule has 0 radical (unpaired) electrons. The van der Waals surface area contributed by atoms with Crippen LogP contribution in [-0.4, -0.2) is 52.5 Å². The minimum atomic E-state index is -1.21. The number of hydrogen-bond acceptors (Lipinski definition) is 7. The van der Waals surface area contributed by atoms with E-state index in [1.807, 2.05) is 0 Å². The van der Waals surface area contributed by atoms with Gasteiger partial charge in [0.2, 0.25) is 0 Å². The van der Waals surface area contributed by atoms with Gasteiger partial charge in [0, 0.05) is 19.6 Å². The van der Waals surface area contributed by atoms with Crippen LogP contribution in [0, 0.1) is 0 Å². The van der Waals surface area contributed by atoms with Crippen molar-refractivity contribution < 1.29 is 29.0 Å². The van der Waals surface area contributed by atoms with Gasteiger partial charge in [0.05, 0.1) is 0 Å². The zero-order chi connectivity index (χ0) is 17.1. The van der Waals surface area contributed by atoms with Crippen LogP contribution in [0.5, 0.6) is 0 Å². The Balaban J connectivity index is 4.68. The van der Waals surface area contributed by atoms with E-state index in [4.69, 9.17) is 15.6 Å². The molecule has 0 aliphatic heterocycles. The number of nitrogens with two attached hydrogens (primary N) is 1. The van der Waals surface area contributed by atoms with Gasteiger partial charge in [-0.3, -0.25) is 14.4 Å². The van der Waals surface area contributed by atoms with Crippen molar-refractivity contribution in [2.75, 3.05) is 12.3 Å². The van der Waals surface area contributed by atoms with Crippen LogP contribution in [0.15, 0.2) is 0 Å². The number of hydrogen-bond donors (Lipinski definition) is 3. The lowest BCUT2D eigenvalue weighted by Gasteiger charge is -2.19. The van der Waals surface area contributed by atoms with E-state index >= 15 is 0 Å². The molecule has 0 aromatic rings. The highest BCUT2D eigenvalue weighted by molar-refractivity contribution is 8.13. The average molecular weight is 334 g/mol. The van der Waals surface area contributed by atoms with Crippen LogP contribution in [0.4, 0.5) is 0 Å². The van der Waals surface area contributed by atoms with E-state index in [1.54, 1.807) is 0 Å². The highest BCUT2D eigenvalue weighted by Gasteiger charge is 2.27. The lowest BCUT2D eigenvalue weighted by Crippen LogP contribution is -2.47. The summed E-state index contributed by atoms with van der Waals surface area (Å²) in [5.41, 5.74) is 5.34. The maximum absolute atomic E-state index is 12.0. The van der Waals surface area contributed by atoms with Crippen LogP contribution in [0.2, 0.25) is 0 Å². The predicted molar refractivity (Wildman–Crippen MR) is 81.2 cm³/mol. The zero-order valence-electron chi connectivity index (χ0n) is 12.7. The van der Waals surface area contributed by atoms with Gasteiger partial charge in [-0.25, -0.2) is 4.79 Å². The summed E-state index contributed by atoms with van der Waals surface area (Å²) in [6.07, 6.45) is 0.217. The standard InChI is InChI=1S/C13H22N2O6S/c1-8(16)21-11(7-22-9(2)17)12(18)15-10(13(19)20)5-3-4-6-14/h10-11H,3-7,14H2,1-2H3,(H,15,18)(H,19,20)/t10-,11?/m0/s1. The van der Waals surface area contributed by atoms with Gasteiger partial charge in [-0.2, -0.15) is 0 Å². The summed E-state index contributed by atoms with van der Waals surface area (Å²) in [5.74, 6) is -2.65. The average Bonchev–Trinajstić information content (AvgIpc) is 2.41. The molecule has 0 saturated carbocycles. The highest BCUT2D eigenvalue weighted by Crippen LogP contribution is 2.09. The first-order chi connectivity index (χ1) is 10.3. The summed E-state index contributed by atoms with van der Waals surface area (Å²) in [6.45, 7) is 2.89. The first kappa shape index (κ1) is 20.4. The molecule has 0 spiro atoms. The van der Waals surface area contributed by atoms with Gasteiger partial charge in [-0.1, -0.05) is 11.8 Å². The number of ether oxygens (including phenoxy) is 1. The van der Waals surface area contributed by atoms with Gasteiger partial charge < -0.3 is 20.9 Å². The van der Waals surface area contributed by atoms with Gasteiger partial charge in [-0.05, 0) is 25.8 Å². The Morgan fingerprint density at radius 1 is 1.23 bits per heavy atom. The summed E-state index contributed by atoms with van der Waals surface area (Å²) >= 11 is 0.826. The molecule has 0 aromatic heterocycles. The van der Waals surface area contributed by atoms with Crippen molar-refractivity contribution in [3.63, 3.8) is 0 Å². The van der Waals surface area contributed by atoms with Crippen molar-refractivity contribution in [2.24, 2.45) is 5.73 Å². The van der Waals surface area contributed by atoms with Crippen molar-refractivity contribution in [1.82, 2.24) is 5.32 Å². The second-order valence-electron chi connectivity index (χ2n) is 4.58. The molecule has 8 nitrogen and oxygen atoms in total. The third-order valence-electron chi connectivity index (χ3n) is 2.60. The molecule has 0 heterocycles. The van der Waals surface area contributed by atoms with E-state index in [9.17, 15) is 19.2 Å². The highest BCUT2D eigenvalue weighted by atomic mass is 32.2. The Kier molecular flexibility index (Phi) is 10.2. The smallest absolute Gasteiger partial charge is 0.326 e. The maximum Gasteiger partial charge on any atom is 0.326 e. The van der Waals surface area contributed by atoms with Gasteiger partial charge in [0.15, 0.2) is 11.2 Å². The molecular weight excluding hydrogens is 312 g/mol. The normalized spacial score (nSPS) is 13.0. The molecule has 4 N–H and O–H groups in total. The molecule has 0 aliphatic carbocycles. The van der Waals surface area contributed by atoms with Crippen LogP contribution in [0.25, 0.3) is 0 Å². The molecule has 9 heteroatoms. The maximum atomic E-state index is 12.0. The molecule has 0 rings (SSSR count). The number of carboxylic acid groups (broad SMARTS) is 1. The molecule has 1 amide bonds. The van der Waals surface area contributed by atoms with Gasteiger partial charge >= 0.3 is 11.9 Å². The van der Waals surface area contributed by atoms with E-state index in [-0.39, 0.29) is 17.3 Å². The number of nitrogens with one attached hydrogen (secondary N) is 1. The van der Waals surface area contributed by atoms with Crippen LogP contribution in [0.3, 0.4) is 0 Å². The van der Waals surface area contributed by atoms with Gasteiger partial charge in [-0.15, -0.1) is 0 Å². The molecule has 1 unspecified atom stereocenters. The number of rotatable bonds is 10. The number of carboxylic acids is 1. The van der Waals surface area contributed by atoms with Crippen LogP contribution in [-0.2, 0) is 23.9 Å². The Morgan fingerprint density at radius 2 is 1.86 bits per heavy atom.